The molecule has 2 aliphatic rings. The topological polar surface area (TPSA) is 98.3 Å². The second kappa shape index (κ2) is 9.01. The number of piperidine rings is 1. The van der Waals surface area contributed by atoms with E-state index < -0.39 is 0 Å². The minimum absolute atomic E-state index is 0.246. The smallest absolute Gasteiger partial charge is 0.145 e. The maximum absolute atomic E-state index is 11.1. The van der Waals surface area contributed by atoms with E-state index >= 15 is 0 Å². The Morgan fingerprint density at radius 3 is 2.49 bits per heavy atom. The molecule has 9 heteroatoms. The molecule has 0 radical (unpaired) electrons. The predicted octanol–water partition coefficient (Wildman–Crippen LogP) is 3.47. The third-order valence-electron chi connectivity index (χ3n) is 7.52. The van der Waals surface area contributed by atoms with E-state index in [1.54, 1.807) is 7.11 Å². The number of aliphatic hydroxyl groups excluding tert-OH is 1. The van der Waals surface area contributed by atoms with Gasteiger partial charge in [0, 0.05) is 55.7 Å². The Bertz CT molecular complexity index is 1590. The minimum Gasteiger partial charge on any atom is -0.494 e. The Morgan fingerprint density at radius 2 is 1.78 bits per heavy atom. The molecule has 1 saturated carbocycles. The number of aryl methyl sites for hydroxylation is 1. The van der Waals surface area contributed by atoms with Crippen LogP contribution < -0.4 is 9.64 Å². The summed E-state index contributed by atoms with van der Waals surface area (Å²) in [6.07, 6.45) is 5.01. The number of aromatic nitrogens is 5. The van der Waals surface area contributed by atoms with E-state index in [0.717, 1.165) is 76.8 Å². The molecule has 3 aromatic heterocycles. The normalized spacial score (nSPS) is 20.0. The summed E-state index contributed by atoms with van der Waals surface area (Å²) >= 11 is 0. The van der Waals surface area contributed by atoms with Crippen LogP contribution in [0.1, 0.15) is 0 Å². The first-order chi connectivity index (χ1) is 18.2. The second-order valence-corrected chi connectivity index (χ2v) is 9.48. The molecule has 1 aliphatic carbocycles. The molecule has 37 heavy (non-hydrogen) atoms. The molecule has 1 N–H and O–H groups in total. The highest BCUT2D eigenvalue weighted by Gasteiger charge is 2.55. The van der Waals surface area contributed by atoms with Crippen molar-refractivity contribution in [3.63, 3.8) is 0 Å². The molecule has 4 heterocycles. The molecule has 1 saturated heterocycles. The summed E-state index contributed by atoms with van der Waals surface area (Å²) < 4.78 is 9.48. The van der Waals surface area contributed by atoms with E-state index in [2.05, 4.69) is 28.2 Å². The summed E-state index contributed by atoms with van der Waals surface area (Å²) in [6.45, 7) is 1.80. The van der Waals surface area contributed by atoms with Crippen molar-refractivity contribution >= 4 is 33.9 Å². The number of carbonyl (C=O) groups is 1. The molecule has 7 rings (SSSR count). The number of fused-ring (bicyclic) bond motifs is 3. The number of aldehydes is 1. The van der Waals surface area contributed by atoms with Gasteiger partial charge in [0.1, 0.15) is 29.1 Å². The van der Waals surface area contributed by atoms with Crippen LogP contribution in [0.4, 0.5) is 5.82 Å². The van der Waals surface area contributed by atoms with Crippen molar-refractivity contribution in [2.24, 2.45) is 24.8 Å². The third kappa shape index (κ3) is 3.65. The second-order valence-electron chi connectivity index (χ2n) is 9.48. The molecule has 9 nitrogen and oxygen atoms in total. The largest absolute Gasteiger partial charge is 0.494 e. The van der Waals surface area contributed by atoms with Crippen LogP contribution in [-0.2, 0) is 11.8 Å². The van der Waals surface area contributed by atoms with Gasteiger partial charge in [-0.25, -0.2) is 9.67 Å². The number of anilines is 1. The number of para-hydroxylation sites is 1. The predicted molar refractivity (Wildman–Crippen MR) is 142 cm³/mol. The summed E-state index contributed by atoms with van der Waals surface area (Å²) in [5, 5.41) is 18.7. The van der Waals surface area contributed by atoms with Crippen molar-refractivity contribution < 1.29 is 14.6 Å². The van der Waals surface area contributed by atoms with Crippen LogP contribution in [-0.4, -0.2) is 63.2 Å². The van der Waals surface area contributed by atoms with Crippen molar-refractivity contribution in [2.45, 2.75) is 0 Å². The average molecular weight is 497 g/mol. The Kier molecular flexibility index (Phi) is 5.64. The summed E-state index contributed by atoms with van der Waals surface area (Å²) in [5.74, 6) is 2.92. The van der Waals surface area contributed by atoms with E-state index in [1.165, 1.54) is 0 Å². The first-order valence-corrected chi connectivity index (χ1v) is 12.3. The lowest BCUT2D eigenvalue weighted by molar-refractivity contribution is -0.109. The van der Waals surface area contributed by atoms with Crippen LogP contribution in [0, 0.1) is 17.8 Å². The number of methoxy groups -OCH3 is 1. The molecule has 1 aliphatic heterocycles. The van der Waals surface area contributed by atoms with Crippen molar-refractivity contribution in [2.75, 3.05) is 32.2 Å². The number of hydrogen-bond donors (Lipinski definition) is 1. The standard InChI is InChI=1S/C27H24N6O2.CH4O/c1-31-12-21-17(5-3-7-23(21)29-31)26-18-6-4-8-24(35-2)27(18)33(30-26)16-9-10-25(28-11-16)32-13-19-20(14-32)22(19)15-34;1-2/h3-12,15,19-20,22H,13-14H2,1-2H3;2H,1H3. The number of nitrogens with zero attached hydrogens (tertiary/aromatic N) is 6. The lowest BCUT2D eigenvalue weighted by Crippen LogP contribution is -2.25. The fraction of sp³-hybridized carbons (Fsp3) is 0.286. The molecule has 0 spiro atoms. The van der Waals surface area contributed by atoms with E-state index in [1.807, 2.05) is 59.1 Å². The Balaban J connectivity index is 0.00000123. The van der Waals surface area contributed by atoms with Crippen LogP contribution in [0.25, 0.3) is 38.8 Å². The molecule has 5 aromatic rings. The molecule has 2 unspecified atom stereocenters. The molecular formula is C28H28N6O3. The molecule has 2 atom stereocenters. The van der Waals surface area contributed by atoms with Gasteiger partial charge < -0.3 is 19.5 Å². The van der Waals surface area contributed by atoms with Gasteiger partial charge in [-0.2, -0.15) is 10.2 Å². The Hall–Kier alpha value is -4.24. The van der Waals surface area contributed by atoms with Gasteiger partial charge in [0.05, 0.1) is 24.5 Å². The maximum atomic E-state index is 11.1. The summed E-state index contributed by atoms with van der Waals surface area (Å²) in [6, 6.07) is 16.2. The number of rotatable bonds is 5. The van der Waals surface area contributed by atoms with E-state index in [0.29, 0.717) is 11.8 Å². The van der Waals surface area contributed by atoms with Gasteiger partial charge >= 0.3 is 0 Å². The molecule has 2 fully saturated rings. The van der Waals surface area contributed by atoms with Crippen LogP contribution in [0.15, 0.2) is 60.9 Å². The van der Waals surface area contributed by atoms with Crippen LogP contribution in [0.2, 0.25) is 0 Å². The molecule has 0 bridgehead atoms. The number of pyridine rings is 1. The van der Waals surface area contributed by atoms with Gasteiger partial charge in [-0.05, 0) is 36.1 Å². The summed E-state index contributed by atoms with van der Waals surface area (Å²) in [4.78, 5) is 18.1. The number of benzene rings is 2. The van der Waals surface area contributed by atoms with Gasteiger partial charge in [-0.1, -0.05) is 24.3 Å². The fourth-order valence-electron chi connectivity index (χ4n) is 5.71. The van der Waals surface area contributed by atoms with Crippen LogP contribution in [0.5, 0.6) is 5.75 Å². The average Bonchev–Trinajstić information content (AvgIpc) is 3.30. The number of carbonyl (C=O) groups excluding carboxylic acids is 1. The lowest BCUT2D eigenvalue weighted by Gasteiger charge is -2.20. The minimum atomic E-state index is 0.246. The Morgan fingerprint density at radius 1 is 1.00 bits per heavy atom. The maximum Gasteiger partial charge on any atom is 0.145 e. The van der Waals surface area contributed by atoms with Crippen molar-refractivity contribution in [1.29, 1.82) is 0 Å². The highest BCUT2D eigenvalue weighted by atomic mass is 16.5. The highest BCUT2D eigenvalue weighted by Crippen LogP contribution is 2.51. The van der Waals surface area contributed by atoms with Gasteiger partial charge in [0.15, 0.2) is 0 Å². The molecular weight excluding hydrogens is 468 g/mol. The van der Waals surface area contributed by atoms with Gasteiger partial charge in [-0.3, -0.25) is 4.68 Å². The van der Waals surface area contributed by atoms with E-state index in [4.69, 9.17) is 19.9 Å². The first kappa shape index (κ1) is 23.2. The quantitative estimate of drug-likeness (QED) is 0.372. The number of hydrogen-bond acceptors (Lipinski definition) is 7. The summed E-state index contributed by atoms with van der Waals surface area (Å²) in [5.41, 5.74) is 4.60. The highest BCUT2D eigenvalue weighted by molar-refractivity contribution is 6.04. The third-order valence-corrected chi connectivity index (χ3v) is 7.52. The lowest BCUT2D eigenvalue weighted by atomic mass is 10.0. The SMILES string of the molecule is CO.COc1cccc2c(-c3cccc4nn(C)cc34)nn(-c3ccc(N4CC5C(C=O)C5C4)nc3)c12. The van der Waals surface area contributed by atoms with Gasteiger partial charge in [0.25, 0.3) is 0 Å². The van der Waals surface area contributed by atoms with Gasteiger partial charge in [-0.15, -0.1) is 0 Å². The van der Waals surface area contributed by atoms with Crippen molar-refractivity contribution in [3.8, 4) is 22.7 Å². The van der Waals surface area contributed by atoms with E-state index in [9.17, 15) is 4.79 Å². The number of ether oxygens (including phenoxy) is 1. The van der Waals surface area contributed by atoms with Crippen LogP contribution in [0.3, 0.4) is 0 Å². The first-order valence-electron chi connectivity index (χ1n) is 12.3. The zero-order valence-electron chi connectivity index (χ0n) is 20.9. The monoisotopic (exact) mass is 496 g/mol. The van der Waals surface area contributed by atoms with Crippen molar-refractivity contribution in [1.82, 2.24) is 24.5 Å². The molecule has 188 valence electrons. The number of aliphatic hydroxyl groups is 1. The summed E-state index contributed by atoms with van der Waals surface area (Å²) in [7, 11) is 4.61. The van der Waals surface area contributed by atoms with E-state index in [-0.39, 0.29) is 5.92 Å². The zero-order chi connectivity index (χ0) is 25.7. The molecule has 2 aromatic carbocycles. The van der Waals surface area contributed by atoms with Crippen molar-refractivity contribution in [3.05, 3.63) is 60.9 Å². The van der Waals surface area contributed by atoms with Crippen LogP contribution >= 0.6 is 0 Å². The van der Waals surface area contributed by atoms with Gasteiger partial charge in [0.2, 0.25) is 0 Å². The zero-order valence-corrected chi connectivity index (χ0v) is 20.9. The Labute approximate surface area is 213 Å². The molecule has 0 amide bonds. The fourth-order valence-corrected chi connectivity index (χ4v) is 5.71.